The second-order valence-electron chi connectivity index (χ2n) is 3.99. The zero-order chi connectivity index (χ0) is 14.2. The summed E-state index contributed by atoms with van der Waals surface area (Å²) >= 11 is 1.65. The van der Waals surface area contributed by atoms with Gasteiger partial charge < -0.3 is 10.1 Å². The zero-order valence-electron chi connectivity index (χ0n) is 10.7. The molecular formula is C14H14N2O3S. The maximum atomic E-state index is 11.6. The summed E-state index contributed by atoms with van der Waals surface area (Å²) in [7, 11) is 0. The first kappa shape index (κ1) is 14.2. The lowest BCUT2D eigenvalue weighted by molar-refractivity contribution is -0.124. The van der Waals surface area contributed by atoms with Gasteiger partial charge in [0, 0.05) is 23.8 Å². The minimum atomic E-state index is -0.527. The van der Waals surface area contributed by atoms with E-state index >= 15 is 0 Å². The van der Waals surface area contributed by atoms with Crippen molar-refractivity contribution in [2.24, 2.45) is 0 Å². The van der Waals surface area contributed by atoms with Crippen LogP contribution >= 0.6 is 11.3 Å². The number of nitrogens with zero attached hydrogens (tertiary/aromatic N) is 1. The normalized spacial score (nSPS) is 10.0. The number of nitrogens with one attached hydrogen (secondary N) is 1. The molecule has 0 saturated carbocycles. The number of esters is 1. The average Bonchev–Trinajstić information content (AvgIpc) is 2.99. The van der Waals surface area contributed by atoms with Crippen LogP contribution in [0.2, 0.25) is 0 Å². The molecule has 0 spiro atoms. The molecule has 2 aromatic rings. The van der Waals surface area contributed by atoms with Crippen LogP contribution in [0.4, 0.5) is 0 Å². The SMILES string of the molecule is O=C(COC(=O)c1ccncc1)NCCc1cccs1. The Bertz CT molecular complexity index is 555. The molecule has 0 aromatic carbocycles. The van der Waals surface area contributed by atoms with E-state index in [9.17, 15) is 9.59 Å². The van der Waals surface area contributed by atoms with Gasteiger partial charge in [0.15, 0.2) is 6.61 Å². The Morgan fingerprint density at radius 3 is 2.75 bits per heavy atom. The summed E-state index contributed by atoms with van der Waals surface area (Å²) < 4.78 is 4.90. The van der Waals surface area contributed by atoms with Gasteiger partial charge in [-0.3, -0.25) is 9.78 Å². The molecular weight excluding hydrogens is 276 g/mol. The van der Waals surface area contributed by atoms with Crippen molar-refractivity contribution >= 4 is 23.2 Å². The van der Waals surface area contributed by atoms with Gasteiger partial charge in [-0.25, -0.2) is 4.79 Å². The topological polar surface area (TPSA) is 68.3 Å². The molecule has 0 aliphatic rings. The number of thiophene rings is 1. The summed E-state index contributed by atoms with van der Waals surface area (Å²) in [6.07, 6.45) is 3.77. The van der Waals surface area contributed by atoms with Crippen molar-refractivity contribution in [3.05, 3.63) is 52.5 Å². The highest BCUT2D eigenvalue weighted by atomic mass is 32.1. The number of rotatable bonds is 6. The first-order chi connectivity index (χ1) is 9.75. The van der Waals surface area contributed by atoms with Gasteiger partial charge in [-0.05, 0) is 30.0 Å². The molecule has 1 N–H and O–H groups in total. The Hall–Kier alpha value is -2.21. The predicted octanol–water partition coefficient (Wildman–Crippen LogP) is 1.66. The molecule has 5 nitrogen and oxygen atoms in total. The number of aromatic nitrogens is 1. The minimum absolute atomic E-state index is 0.272. The van der Waals surface area contributed by atoms with Crippen molar-refractivity contribution in [3.63, 3.8) is 0 Å². The lowest BCUT2D eigenvalue weighted by Crippen LogP contribution is -2.30. The number of amides is 1. The largest absolute Gasteiger partial charge is 0.452 e. The molecule has 0 saturated heterocycles. The van der Waals surface area contributed by atoms with Crippen LogP contribution in [-0.4, -0.2) is 30.0 Å². The Morgan fingerprint density at radius 2 is 2.05 bits per heavy atom. The molecule has 0 radical (unpaired) electrons. The van der Waals surface area contributed by atoms with Crippen molar-refractivity contribution in [1.82, 2.24) is 10.3 Å². The van der Waals surface area contributed by atoms with Crippen molar-refractivity contribution in [1.29, 1.82) is 0 Å². The molecule has 2 rings (SSSR count). The van der Waals surface area contributed by atoms with Gasteiger partial charge in [-0.1, -0.05) is 6.07 Å². The lowest BCUT2D eigenvalue weighted by Gasteiger charge is -2.05. The van der Waals surface area contributed by atoms with Crippen LogP contribution < -0.4 is 5.32 Å². The van der Waals surface area contributed by atoms with Gasteiger partial charge in [0.1, 0.15) is 0 Å². The van der Waals surface area contributed by atoms with Crippen molar-refractivity contribution in [2.75, 3.05) is 13.2 Å². The number of ether oxygens (including phenoxy) is 1. The summed E-state index contributed by atoms with van der Waals surface area (Å²) in [5.41, 5.74) is 0.381. The van der Waals surface area contributed by atoms with E-state index in [2.05, 4.69) is 10.3 Å². The van der Waals surface area contributed by atoms with Crippen LogP contribution in [-0.2, 0) is 16.0 Å². The van der Waals surface area contributed by atoms with E-state index in [0.717, 1.165) is 6.42 Å². The van der Waals surface area contributed by atoms with Gasteiger partial charge >= 0.3 is 5.97 Å². The maximum absolute atomic E-state index is 11.6. The second-order valence-corrected chi connectivity index (χ2v) is 5.02. The van der Waals surface area contributed by atoms with Crippen LogP contribution in [0, 0.1) is 0 Å². The summed E-state index contributed by atoms with van der Waals surface area (Å²) in [4.78, 5) is 28.1. The Morgan fingerprint density at radius 1 is 1.25 bits per heavy atom. The molecule has 0 bridgehead atoms. The highest BCUT2D eigenvalue weighted by Crippen LogP contribution is 2.08. The summed E-state index contributed by atoms with van der Waals surface area (Å²) in [6, 6.07) is 7.06. The van der Waals surface area contributed by atoms with Crippen LogP contribution in [0.25, 0.3) is 0 Å². The Kier molecular flexibility index (Phi) is 5.25. The van der Waals surface area contributed by atoms with Crippen LogP contribution in [0.1, 0.15) is 15.2 Å². The molecule has 6 heteroatoms. The Balaban J connectivity index is 1.66. The molecule has 2 aromatic heterocycles. The van der Waals surface area contributed by atoms with E-state index in [-0.39, 0.29) is 12.5 Å². The fourth-order valence-electron chi connectivity index (χ4n) is 1.53. The van der Waals surface area contributed by atoms with Gasteiger partial charge in [0.05, 0.1) is 5.56 Å². The molecule has 20 heavy (non-hydrogen) atoms. The highest BCUT2D eigenvalue weighted by Gasteiger charge is 2.09. The maximum Gasteiger partial charge on any atom is 0.338 e. The molecule has 104 valence electrons. The monoisotopic (exact) mass is 290 g/mol. The van der Waals surface area contributed by atoms with Crippen molar-refractivity contribution in [2.45, 2.75) is 6.42 Å². The van der Waals surface area contributed by atoms with E-state index in [4.69, 9.17) is 4.74 Å². The highest BCUT2D eigenvalue weighted by molar-refractivity contribution is 7.09. The van der Waals surface area contributed by atoms with E-state index < -0.39 is 5.97 Å². The molecule has 0 atom stereocenters. The van der Waals surface area contributed by atoms with Gasteiger partial charge in [0.25, 0.3) is 5.91 Å². The summed E-state index contributed by atoms with van der Waals surface area (Å²) in [5, 5.41) is 4.70. The molecule has 0 aliphatic carbocycles. The van der Waals surface area contributed by atoms with E-state index in [1.807, 2.05) is 17.5 Å². The average molecular weight is 290 g/mol. The van der Waals surface area contributed by atoms with Crippen molar-refractivity contribution < 1.29 is 14.3 Å². The van der Waals surface area contributed by atoms with Gasteiger partial charge in [-0.15, -0.1) is 11.3 Å². The quantitative estimate of drug-likeness (QED) is 0.822. The second kappa shape index (κ2) is 7.40. The van der Waals surface area contributed by atoms with Crippen LogP contribution in [0.3, 0.4) is 0 Å². The van der Waals surface area contributed by atoms with E-state index in [0.29, 0.717) is 12.1 Å². The third-order valence-electron chi connectivity index (χ3n) is 2.52. The Labute approximate surface area is 120 Å². The number of pyridine rings is 1. The summed E-state index contributed by atoms with van der Waals surface area (Å²) in [5.74, 6) is -0.829. The molecule has 2 heterocycles. The zero-order valence-corrected chi connectivity index (χ0v) is 11.6. The van der Waals surface area contributed by atoms with E-state index in [1.165, 1.54) is 29.4 Å². The lowest BCUT2D eigenvalue weighted by atomic mass is 10.3. The third-order valence-corrected chi connectivity index (χ3v) is 3.46. The van der Waals surface area contributed by atoms with Gasteiger partial charge in [-0.2, -0.15) is 0 Å². The van der Waals surface area contributed by atoms with E-state index in [1.54, 1.807) is 11.3 Å². The minimum Gasteiger partial charge on any atom is -0.452 e. The smallest absolute Gasteiger partial charge is 0.338 e. The standard InChI is InChI=1S/C14H14N2O3S/c17-13(16-8-5-12-2-1-9-20-12)10-19-14(18)11-3-6-15-7-4-11/h1-4,6-7,9H,5,8,10H2,(H,16,17). The predicted molar refractivity (Wildman–Crippen MR) is 75.6 cm³/mol. The fraction of sp³-hybridized carbons (Fsp3) is 0.214. The molecule has 0 aliphatic heterocycles. The van der Waals surface area contributed by atoms with Crippen LogP contribution in [0.15, 0.2) is 42.0 Å². The van der Waals surface area contributed by atoms with Crippen LogP contribution in [0.5, 0.6) is 0 Å². The number of hydrogen-bond acceptors (Lipinski definition) is 5. The summed E-state index contributed by atoms with van der Waals surface area (Å²) in [6.45, 7) is 0.262. The van der Waals surface area contributed by atoms with Crippen molar-refractivity contribution in [3.8, 4) is 0 Å². The number of carbonyl (C=O) groups excluding carboxylic acids is 2. The molecule has 1 amide bonds. The van der Waals surface area contributed by atoms with Gasteiger partial charge in [0.2, 0.25) is 0 Å². The molecule has 0 fully saturated rings. The third kappa shape index (κ3) is 4.47. The first-order valence-electron chi connectivity index (χ1n) is 6.12. The number of hydrogen-bond donors (Lipinski definition) is 1. The number of carbonyl (C=O) groups is 2. The first-order valence-corrected chi connectivity index (χ1v) is 7.00. The molecule has 0 unspecified atom stereocenters. The fourth-order valence-corrected chi connectivity index (χ4v) is 2.24.